The molecule has 2 saturated heterocycles. The van der Waals surface area contributed by atoms with E-state index in [2.05, 4.69) is 37.9 Å². The van der Waals surface area contributed by atoms with E-state index < -0.39 is 0 Å². The monoisotopic (exact) mass is 268 g/mol. The first kappa shape index (κ1) is 15.3. The molecule has 0 aromatic carbocycles. The van der Waals surface area contributed by atoms with Crippen molar-refractivity contribution >= 4 is 0 Å². The molecule has 2 heterocycles. The van der Waals surface area contributed by atoms with Gasteiger partial charge in [-0.05, 0) is 65.3 Å². The molecule has 3 heteroatoms. The minimum absolute atomic E-state index is 0.210. The van der Waals surface area contributed by atoms with Crippen molar-refractivity contribution < 1.29 is 4.74 Å². The number of nitrogens with one attached hydrogen (secondary N) is 1. The van der Waals surface area contributed by atoms with Crippen LogP contribution in [0.1, 0.15) is 53.4 Å². The third-order valence-electron chi connectivity index (χ3n) is 4.78. The Kier molecular flexibility index (Phi) is 4.91. The molecule has 2 aliphatic rings. The highest BCUT2D eigenvalue weighted by Crippen LogP contribution is 2.33. The predicted molar refractivity (Wildman–Crippen MR) is 80.5 cm³/mol. The molecule has 0 aliphatic carbocycles. The van der Waals surface area contributed by atoms with Gasteiger partial charge in [-0.15, -0.1) is 0 Å². The lowest BCUT2D eigenvalue weighted by Gasteiger charge is -2.43. The summed E-state index contributed by atoms with van der Waals surface area (Å²) in [6, 6.07) is 0.773. The Bertz CT molecular complexity index is 279. The highest BCUT2D eigenvalue weighted by molar-refractivity contribution is 4.91. The molecule has 0 spiro atoms. The van der Waals surface area contributed by atoms with Crippen molar-refractivity contribution in [2.24, 2.45) is 5.41 Å². The fourth-order valence-electron chi connectivity index (χ4n) is 3.31. The highest BCUT2D eigenvalue weighted by atomic mass is 16.5. The summed E-state index contributed by atoms with van der Waals surface area (Å²) in [5, 5.41) is 3.74. The second-order valence-electron chi connectivity index (χ2n) is 7.68. The lowest BCUT2D eigenvalue weighted by Crippen LogP contribution is -2.51. The number of hydrogen-bond acceptors (Lipinski definition) is 3. The van der Waals surface area contributed by atoms with Crippen molar-refractivity contribution in [2.75, 3.05) is 32.8 Å². The molecule has 1 N–H and O–H groups in total. The van der Waals surface area contributed by atoms with Crippen LogP contribution in [0.2, 0.25) is 0 Å². The molecule has 0 aromatic rings. The molecule has 2 rings (SSSR count). The van der Waals surface area contributed by atoms with Gasteiger partial charge < -0.3 is 15.0 Å². The van der Waals surface area contributed by atoms with Crippen LogP contribution in [0, 0.1) is 5.41 Å². The Morgan fingerprint density at radius 2 is 1.95 bits per heavy atom. The zero-order chi connectivity index (χ0) is 13.9. The molecule has 0 radical (unpaired) electrons. The SMILES string of the molecule is CC1CCCN1CC1(CNC(C)(C)C)CCOCC1. The number of rotatable bonds is 4. The van der Waals surface area contributed by atoms with Crippen LogP contribution in [0.25, 0.3) is 0 Å². The topological polar surface area (TPSA) is 24.5 Å². The molecule has 0 bridgehead atoms. The summed E-state index contributed by atoms with van der Waals surface area (Å²) in [5.41, 5.74) is 0.631. The predicted octanol–water partition coefficient (Wildman–Crippen LogP) is 2.66. The van der Waals surface area contributed by atoms with Crippen LogP contribution in [0.5, 0.6) is 0 Å². The normalized spacial score (nSPS) is 28.7. The summed E-state index contributed by atoms with van der Waals surface area (Å²) >= 11 is 0. The van der Waals surface area contributed by atoms with Gasteiger partial charge in [0.2, 0.25) is 0 Å². The average molecular weight is 268 g/mol. The summed E-state index contributed by atoms with van der Waals surface area (Å²) in [6.07, 6.45) is 5.17. The minimum Gasteiger partial charge on any atom is -0.381 e. The van der Waals surface area contributed by atoms with Crippen LogP contribution < -0.4 is 5.32 Å². The maximum atomic E-state index is 5.60. The van der Waals surface area contributed by atoms with E-state index in [0.29, 0.717) is 5.41 Å². The van der Waals surface area contributed by atoms with E-state index in [0.717, 1.165) is 25.8 Å². The summed E-state index contributed by atoms with van der Waals surface area (Å²) in [6.45, 7) is 14.7. The van der Waals surface area contributed by atoms with Gasteiger partial charge >= 0.3 is 0 Å². The third kappa shape index (κ3) is 4.44. The second kappa shape index (κ2) is 6.11. The Hall–Kier alpha value is -0.120. The van der Waals surface area contributed by atoms with Crippen molar-refractivity contribution in [3.8, 4) is 0 Å². The van der Waals surface area contributed by atoms with Gasteiger partial charge in [0, 0.05) is 37.9 Å². The summed E-state index contributed by atoms with van der Waals surface area (Å²) < 4.78 is 5.60. The number of hydrogen-bond donors (Lipinski definition) is 1. The lowest BCUT2D eigenvalue weighted by atomic mass is 9.78. The van der Waals surface area contributed by atoms with Gasteiger partial charge in [0.15, 0.2) is 0 Å². The molecular formula is C16H32N2O. The van der Waals surface area contributed by atoms with E-state index in [1.807, 2.05) is 0 Å². The van der Waals surface area contributed by atoms with Crippen molar-refractivity contribution in [1.82, 2.24) is 10.2 Å². The first-order chi connectivity index (χ1) is 8.90. The molecule has 2 aliphatic heterocycles. The Morgan fingerprint density at radius 3 is 2.47 bits per heavy atom. The molecule has 0 amide bonds. The molecule has 112 valence electrons. The van der Waals surface area contributed by atoms with Crippen molar-refractivity contribution in [3.63, 3.8) is 0 Å². The molecule has 1 unspecified atom stereocenters. The van der Waals surface area contributed by atoms with Gasteiger partial charge in [-0.25, -0.2) is 0 Å². The van der Waals surface area contributed by atoms with Gasteiger partial charge in [-0.3, -0.25) is 0 Å². The van der Waals surface area contributed by atoms with Crippen LogP contribution in [0.3, 0.4) is 0 Å². The van der Waals surface area contributed by atoms with Crippen molar-refractivity contribution in [1.29, 1.82) is 0 Å². The van der Waals surface area contributed by atoms with Crippen molar-refractivity contribution in [3.05, 3.63) is 0 Å². The van der Waals surface area contributed by atoms with Crippen LogP contribution >= 0.6 is 0 Å². The second-order valence-corrected chi connectivity index (χ2v) is 7.68. The van der Waals surface area contributed by atoms with E-state index in [-0.39, 0.29) is 5.54 Å². The standard InChI is InChI=1S/C16H32N2O/c1-14-6-5-9-18(14)13-16(7-10-19-11-8-16)12-17-15(2,3)4/h14,17H,5-13H2,1-4H3. The van der Waals surface area contributed by atoms with Crippen LogP contribution in [-0.2, 0) is 4.74 Å². The smallest absolute Gasteiger partial charge is 0.0472 e. The van der Waals surface area contributed by atoms with Gasteiger partial charge in [0.1, 0.15) is 0 Å². The van der Waals surface area contributed by atoms with Crippen LogP contribution in [0.4, 0.5) is 0 Å². The molecule has 0 saturated carbocycles. The van der Waals surface area contributed by atoms with Gasteiger partial charge in [0.05, 0.1) is 0 Å². The highest BCUT2D eigenvalue weighted by Gasteiger charge is 2.37. The van der Waals surface area contributed by atoms with Gasteiger partial charge in [0.25, 0.3) is 0 Å². The van der Waals surface area contributed by atoms with E-state index >= 15 is 0 Å². The number of ether oxygens (including phenoxy) is 1. The van der Waals surface area contributed by atoms with Gasteiger partial charge in [-0.1, -0.05) is 0 Å². The number of nitrogens with zero attached hydrogens (tertiary/aromatic N) is 1. The van der Waals surface area contributed by atoms with E-state index in [9.17, 15) is 0 Å². The summed E-state index contributed by atoms with van der Waals surface area (Å²) in [4.78, 5) is 2.70. The third-order valence-corrected chi connectivity index (χ3v) is 4.78. The molecule has 19 heavy (non-hydrogen) atoms. The van der Waals surface area contributed by atoms with Crippen LogP contribution in [-0.4, -0.2) is 49.3 Å². The largest absolute Gasteiger partial charge is 0.381 e. The first-order valence-corrected chi connectivity index (χ1v) is 7.97. The lowest BCUT2D eigenvalue weighted by molar-refractivity contribution is -0.00817. The molecule has 3 nitrogen and oxygen atoms in total. The first-order valence-electron chi connectivity index (χ1n) is 7.97. The van der Waals surface area contributed by atoms with E-state index in [1.165, 1.54) is 38.8 Å². The Morgan fingerprint density at radius 1 is 1.26 bits per heavy atom. The maximum Gasteiger partial charge on any atom is 0.0472 e. The molecule has 1 atom stereocenters. The molecular weight excluding hydrogens is 236 g/mol. The quantitative estimate of drug-likeness (QED) is 0.848. The van der Waals surface area contributed by atoms with Crippen molar-refractivity contribution in [2.45, 2.75) is 65.0 Å². The molecule has 0 aromatic heterocycles. The maximum absolute atomic E-state index is 5.60. The zero-order valence-electron chi connectivity index (χ0n) is 13.3. The zero-order valence-corrected chi connectivity index (χ0v) is 13.3. The number of likely N-dealkylation sites (tertiary alicyclic amines) is 1. The summed E-state index contributed by atoms with van der Waals surface area (Å²) in [5.74, 6) is 0. The fourth-order valence-corrected chi connectivity index (χ4v) is 3.31. The van der Waals surface area contributed by atoms with Gasteiger partial charge in [-0.2, -0.15) is 0 Å². The molecule has 2 fully saturated rings. The van der Waals surface area contributed by atoms with Crippen LogP contribution in [0.15, 0.2) is 0 Å². The minimum atomic E-state index is 0.210. The summed E-state index contributed by atoms with van der Waals surface area (Å²) in [7, 11) is 0. The fraction of sp³-hybridized carbons (Fsp3) is 1.00. The van der Waals surface area contributed by atoms with E-state index in [1.54, 1.807) is 0 Å². The van der Waals surface area contributed by atoms with E-state index in [4.69, 9.17) is 4.74 Å². The Labute approximate surface area is 119 Å². The average Bonchev–Trinajstić information content (AvgIpc) is 2.73. The Balaban J connectivity index is 1.97.